The van der Waals surface area contributed by atoms with Crippen molar-refractivity contribution in [2.45, 2.75) is 45.6 Å². The predicted octanol–water partition coefficient (Wildman–Crippen LogP) is 4.08. The third-order valence-corrected chi connectivity index (χ3v) is 3.61. The molecule has 0 aromatic heterocycles. The molecule has 1 saturated carbocycles. The van der Waals surface area contributed by atoms with Crippen LogP contribution >= 0.6 is 0 Å². The highest BCUT2D eigenvalue weighted by atomic mass is 16.5. The molecule has 0 aliphatic heterocycles. The van der Waals surface area contributed by atoms with Gasteiger partial charge in [0.15, 0.2) is 0 Å². The average Bonchev–Trinajstić information content (AvgIpc) is 2.33. The van der Waals surface area contributed by atoms with Crippen molar-refractivity contribution in [1.29, 1.82) is 0 Å². The minimum absolute atomic E-state index is 0.626. The smallest absolute Gasteiger partial charge is 0.121 e. The van der Waals surface area contributed by atoms with Gasteiger partial charge in [-0.25, -0.2) is 0 Å². The normalized spacial score (nSPS) is 24.4. The molecule has 2 atom stereocenters. The zero-order chi connectivity index (χ0) is 12.1. The lowest BCUT2D eigenvalue weighted by Gasteiger charge is -2.30. The molecule has 0 amide bonds. The minimum atomic E-state index is 0.626. The van der Waals surface area contributed by atoms with Crippen molar-refractivity contribution >= 4 is 5.69 Å². The van der Waals surface area contributed by atoms with Gasteiger partial charge in [-0.05, 0) is 37.8 Å². The Balaban J connectivity index is 1.99. The van der Waals surface area contributed by atoms with Gasteiger partial charge in [-0.15, -0.1) is 0 Å². The molecular formula is C15H23NO. The van der Waals surface area contributed by atoms with E-state index >= 15 is 0 Å². The Hall–Kier alpha value is -1.18. The predicted molar refractivity (Wildman–Crippen MR) is 72.7 cm³/mol. The maximum absolute atomic E-state index is 5.52. The SMILES string of the molecule is CCOc1cccc(NC2CCCCC2C)c1. The molecule has 0 heterocycles. The van der Waals surface area contributed by atoms with Crippen molar-refractivity contribution in [3.05, 3.63) is 24.3 Å². The Morgan fingerprint density at radius 3 is 2.88 bits per heavy atom. The molecule has 2 nitrogen and oxygen atoms in total. The van der Waals surface area contributed by atoms with E-state index in [-0.39, 0.29) is 0 Å². The molecule has 0 saturated heterocycles. The molecule has 1 aliphatic carbocycles. The number of hydrogen-bond donors (Lipinski definition) is 1. The summed E-state index contributed by atoms with van der Waals surface area (Å²) in [7, 11) is 0. The summed E-state index contributed by atoms with van der Waals surface area (Å²) in [6, 6.07) is 8.93. The molecule has 1 aromatic rings. The van der Waals surface area contributed by atoms with Gasteiger partial charge in [0, 0.05) is 17.8 Å². The molecule has 94 valence electrons. The quantitative estimate of drug-likeness (QED) is 0.846. The zero-order valence-electron chi connectivity index (χ0n) is 10.9. The highest BCUT2D eigenvalue weighted by molar-refractivity contribution is 5.49. The van der Waals surface area contributed by atoms with Gasteiger partial charge in [0.2, 0.25) is 0 Å². The summed E-state index contributed by atoms with van der Waals surface area (Å²) in [5.74, 6) is 1.74. The van der Waals surface area contributed by atoms with E-state index in [9.17, 15) is 0 Å². The second-order valence-corrected chi connectivity index (χ2v) is 4.97. The van der Waals surface area contributed by atoms with E-state index in [0.29, 0.717) is 6.04 Å². The van der Waals surface area contributed by atoms with Crippen molar-refractivity contribution in [3.63, 3.8) is 0 Å². The molecule has 1 N–H and O–H groups in total. The van der Waals surface area contributed by atoms with Crippen LogP contribution in [0.4, 0.5) is 5.69 Å². The summed E-state index contributed by atoms with van der Waals surface area (Å²) in [6.07, 6.45) is 5.38. The highest BCUT2D eigenvalue weighted by Crippen LogP contribution is 2.27. The van der Waals surface area contributed by atoms with Crippen LogP contribution in [0.3, 0.4) is 0 Å². The molecule has 17 heavy (non-hydrogen) atoms. The van der Waals surface area contributed by atoms with Gasteiger partial charge in [0.1, 0.15) is 5.75 Å². The molecule has 2 rings (SSSR count). The maximum atomic E-state index is 5.52. The first-order valence-corrected chi connectivity index (χ1v) is 6.79. The summed E-state index contributed by atoms with van der Waals surface area (Å²) in [6.45, 7) is 5.09. The molecule has 0 spiro atoms. The largest absolute Gasteiger partial charge is 0.494 e. The molecule has 2 heteroatoms. The Labute approximate surface area is 104 Å². The Morgan fingerprint density at radius 2 is 2.12 bits per heavy atom. The first-order valence-electron chi connectivity index (χ1n) is 6.79. The second kappa shape index (κ2) is 5.95. The fraction of sp³-hybridized carbons (Fsp3) is 0.600. The maximum Gasteiger partial charge on any atom is 0.121 e. The topological polar surface area (TPSA) is 21.3 Å². The van der Waals surface area contributed by atoms with Gasteiger partial charge in [-0.1, -0.05) is 25.8 Å². The van der Waals surface area contributed by atoms with Gasteiger partial charge < -0.3 is 10.1 Å². The van der Waals surface area contributed by atoms with Crippen molar-refractivity contribution < 1.29 is 4.74 Å². The third-order valence-electron chi connectivity index (χ3n) is 3.61. The lowest BCUT2D eigenvalue weighted by atomic mass is 9.86. The van der Waals surface area contributed by atoms with Crippen LogP contribution in [0.15, 0.2) is 24.3 Å². The Kier molecular flexibility index (Phi) is 4.29. The van der Waals surface area contributed by atoms with Crippen LogP contribution in [0.5, 0.6) is 5.75 Å². The van der Waals surface area contributed by atoms with Crippen molar-refractivity contribution in [2.24, 2.45) is 5.92 Å². The molecular weight excluding hydrogens is 210 g/mol. The summed E-state index contributed by atoms with van der Waals surface area (Å²) in [5.41, 5.74) is 1.19. The number of ether oxygens (including phenoxy) is 1. The average molecular weight is 233 g/mol. The van der Waals surface area contributed by atoms with E-state index in [0.717, 1.165) is 18.3 Å². The number of benzene rings is 1. The summed E-state index contributed by atoms with van der Waals surface area (Å²) < 4.78 is 5.52. The fourth-order valence-electron chi connectivity index (χ4n) is 2.59. The Morgan fingerprint density at radius 1 is 1.29 bits per heavy atom. The van der Waals surface area contributed by atoms with Gasteiger partial charge in [-0.2, -0.15) is 0 Å². The molecule has 1 fully saturated rings. The summed E-state index contributed by atoms with van der Waals surface area (Å²) in [5, 5.41) is 3.65. The highest BCUT2D eigenvalue weighted by Gasteiger charge is 2.20. The second-order valence-electron chi connectivity index (χ2n) is 4.97. The van der Waals surface area contributed by atoms with Crippen molar-refractivity contribution in [2.75, 3.05) is 11.9 Å². The summed E-state index contributed by atoms with van der Waals surface area (Å²) >= 11 is 0. The fourth-order valence-corrected chi connectivity index (χ4v) is 2.59. The zero-order valence-corrected chi connectivity index (χ0v) is 10.9. The first kappa shape index (κ1) is 12.3. The number of hydrogen-bond acceptors (Lipinski definition) is 2. The van der Waals surface area contributed by atoms with Gasteiger partial charge in [-0.3, -0.25) is 0 Å². The molecule has 1 aliphatic rings. The molecule has 0 bridgehead atoms. The summed E-state index contributed by atoms with van der Waals surface area (Å²) in [4.78, 5) is 0. The lowest BCUT2D eigenvalue weighted by Crippen LogP contribution is -2.30. The first-order chi connectivity index (χ1) is 8.29. The standard InChI is InChI=1S/C15H23NO/c1-3-17-14-9-6-8-13(11-14)16-15-10-5-4-7-12(15)2/h6,8-9,11-12,15-16H,3-5,7,10H2,1-2H3. The van der Waals surface area contributed by atoms with Crippen LogP contribution < -0.4 is 10.1 Å². The van der Waals surface area contributed by atoms with Crippen LogP contribution in [0.25, 0.3) is 0 Å². The van der Waals surface area contributed by atoms with Crippen molar-refractivity contribution in [1.82, 2.24) is 0 Å². The van der Waals surface area contributed by atoms with Crippen molar-refractivity contribution in [3.8, 4) is 5.75 Å². The van der Waals surface area contributed by atoms with Gasteiger partial charge >= 0.3 is 0 Å². The van der Waals surface area contributed by atoms with Crippen LogP contribution in [-0.4, -0.2) is 12.6 Å². The van der Waals surface area contributed by atoms with E-state index in [2.05, 4.69) is 30.4 Å². The number of rotatable bonds is 4. The van der Waals surface area contributed by atoms with Crippen LogP contribution in [-0.2, 0) is 0 Å². The Bertz CT molecular complexity index is 351. The molecule has 1 aromatic carbocycles. The van der Waals surface area contributed by atoms with E-state index in [1.807, 2.05) is 13.0 Å². The van der Waals surface area contributed by atoms with E-state index < -0.39 is 0 Å². The van der Waals surface area contributed by atoms with Crippen LogP contribution in [0.1, 0.15) is 39.5 Å². The molecule has 2 unspecified atom stereocenters. The number of anilines is 1. The van der Waals surface area contributed by atoms with Gasteiger partial charge in [0.25, 0.3) is 0 Å². The van der Waals surface area contributed by atoms with Crippen LogP contribution in [0.2, 0.25) is 0 Å². The third kappa shape index (κ3) is 3.39. The van der Waals surface area contributed by atoms with Gasteiger partial charge in [0.05, 0.1) is 6.61 Å². The van der Waals surface area contributed by atoms with E-state index in [1.165, 1.54) is 31.4 Å². The van der Waals surface area contributed by atoms with E-state index in [4.69, 9.17) is 4.74 Å². The van der Waals surface area contributed by atoms with E-state index in [1.54, 1.807) is 0 Å². The monoisotopic (exact) mass is 233 g/mol. The lowest BCUT2D eigenvalue weighted by molar-refractivity contribution is 0.339. The molecule has 0 radical (unpaired) electrons. The number of nitrogens with one attached hydrogen (secondary N) is 1. The minimum Gasteiger partial charge on any atom is -0.494 e. The van der Waals surface area contributed by atoms with Crippen LogP contribution in [0, 0.1) is 5.92 Å².